The van der Waals surface area contributed by atoms with E-state index in [1.165, 1.54) is 7.11 Å². The number of methoxy groups -OCH3 is 1. The molecule has 0 amide bonds. The monoisotopic (exact) mass is 294 g/mol. The Labute approximate surface area is 121 Å². The van der Waals surface area contributed by atoms with E-state index in [1.807, 2.05) is 6.92 Å². The number of halogens is 1. The van der Waals surface area contributed by atoms with Crippen molar-refractivity contribution in [2.45, 2.75) is 19.9 Å². The van der Waals surface area contributed by atoms with Gasteiger partial charge in [0.15, 0.2) is 0 Å². The summed E-state index contributed by atoms with van der Waals surface area (Å²) in [5, 5.41) is 3.47. The summed E-state index contributed by atoms with van der Waals surface area (Å²) >= 11 is 6.03. The topological polar surface area (TPSA) is 64.4 Å². The van der Waals surface area contributed by atoms with Gasteiger partial charge in [-0.3, -0.25) is 0 Å². The van der Waals surface area contributed by atoms with Crippen molar-refractivity contribution in [2.75, 3.05) is 12.4 Å². The minimum absolute atomic E-state index is 0.337. The van der Waals surface area contributed by atoms with Gasteiger partial charge in [-0.05, 0) is 18.2 Å². The Balaban J connectivity index is 2.03. The SMILES string of the molecule is CCc1cnc(CNc2ccc(C(=O)OC)c(Cl)c2)o1. The van der Waals surface area contributed by atoms with Gasteiger partial charge < -0.3 is 14.5 Å². The van der Waals surface area contributed by atoms with Gasteiger partial charge in [-0.2, -0.15) is 0 Å². The zero-order valence-electron chi connectivity index (χ0n) is 11.3. The third kappa shape index (κ3) is 3.30. The summed E-state index contributed by atoms with van der Waals surface area (Å²) in [6, 6.07) is 5.03. The van der Waals surface area contributed by atoms with Crippen LogP contribution in [-0.4, -0.2) is 18.1 Å². The lowest BCUT2D eigenvalue weighted by Crippen LogP contribution is -2.04. The number of rotatable bonds is 5. The van der Waals surface area contributed by atoms with Gasteiger partial charge in [-0.25, -0.2) is 9.78 Å². The second kappa shape index (κ2) is 6.43. The third-order valence-electron chi connectivity index (χ3n) is 2.77. The number of nitrogens with zero attached hydrogens (tertiary/aromatic N) is 1. The minimum Gasteiger partial charge on any atom is -0.465 e. The fraction of sp³-hybridized carbons (Fsp3) is 0.286. The van der Waals surface area contributed by atoms with E-state index >= 15 is 0 Å². The quantitative estimate of drug-likeness (QED) is 0.857. The number of oxazole rings is 1. The first-order valence-electron chi connectivity index (χ1n) is 6.19. The van der Waals surface area contributed by atoms with Crippen LogP contribution < -0.4 is 5.32 Å². The maximum atomic E-state index is 11.4. The Morgan fingerprint density at radius 1 is 1.50 bits per heavy atom. The molecule has 106 valence electrons. The number of ether oxygens (including phenoxy) is 1. The van der Waals surface area contributed by atoms with E-state index in [2.05, 4.69) is 15.0 Å². The maximum Gasteiger partial charge on any atom is 0.339 e. The van der Waals surface area contributed by atoms with Crippen molar-refractivity contribution in [1.29, 1.82) is 0 Å². The molecule has 0 atom stereocenters. The molecule has 0 saturated carbocycles. The summed E-state index contributed by atoms with van der Waals surface area (Å²) in [6.45, 7) is 2.46. The summed E-state index contributed by atoms with van der Waals surface area (Å²) in [7, 11) is 1.32. The molecule has 1 N–H and O–H groups in total. The highest BCUT2D eigenvalue weighted by Crippen LogP contribution is 2.22. The average Bonchev–Trinajstić information content (AvgIpc) is 2.92. The number of hydrogen-bond acceptors (Lipinski definition) is 5. The number of esters is 1. The highest BCUT2D eigenvalue weighted by Gasteiger charge is 2.11. The predicted molar refractivity (Wildman–Crippen MR) is 76.0 cm³/mol. The molecule has 0 radical (unpaired) electrons. The van der Waals surface area contributed by atoms with Gasteiger partial charge in [-0.1, -0.05) is 18.5 Å². The molecule has 6 heteroatoms. The van der Waals surface area contributed by atoms with E-state index in [1.54, 1.807) is 24.4 Å². The zero-order valence-corrected chi connectivity index (χ0v) is 12.0. The molecule has 1 heterocycles. The third-order valence-corrected chi connectivity index (χ3v) is 3.08. The molecule has 20 heavy (non-hydrogen) atoms. The number of carbonyl (C=O) groups is 1. The lowest BCUT2D eigenvalue weighted by molar-refractivity contribution is 0.0601. The summed E-state index contributed by atoms with van der Waals surface area (Å²) in [6.07, 6.45) is 2.52. The van der Waals surface area contributed by atoms with Crippen LogP contribution in [0.2, 0.25) is 5.02 Å². The van der Waals surface area contributed by atoms with Crippen LogP contribution in [0.5, 0.6) is 0 Å². The maximum absolute atomic E-state index is 11.4. The Kier molecular flexibility index (Phi) is 4.63. The van der Waals surface area contributed by atoms with Gasteiger partial charge in [0.1, 0.15) is 5.76 Å². The van der Waals surface area contributed by atoms with E-state index in [4.69, 9.17) is 16.0 Å². The van der Waals surface area contributed by atoms with E-state index in [0.29, 0.717) is 23.0 Å². The van der Waals surface area contributed by atoms with Gasteiger partial charge in [-0.15, -0.1) is 0 Å². The lowest BCUT2D eigenvalue weighted by atomic mass is 10.2. The van der Waals surface area contributed by atoms with Crippen LogP contribution >= 0.6 is 11.6 Å². The number of hydrogen-bond donors (Lipinski definition) is 1. The predicted octanol–water partition coefficient (Wildman–Crippen LogP) is 3.29. The molecular weight excluding hydrogens is 280 g/mol. The van der Waals surface area contributed by atoms with Crippen molar-refractivity contribution < 1.29 is 13.9 Å². The average molecular weight is 295 g/mol. The van der Waals surface area contributed by atoms with Gasteiger partial charge in [0.25, 0.3) is 0 Å². The van der Waals surface area contributed by atoms with Crippen LogP contribution in [0.25, 0.3) is 0 Å². The fourth-order valence-corrected chi connectivity index (χ4v) is 1.93. The first kappa shape index (κ1) is 14.4. The number of carbonyl (C=O) groups excluding carboxylic acids is 1. The number of benzene rings is 1. The molecule has 1 aromatic carbocycles. The largest absolute Gasteiger partial charge is 0.465 e. The van der Waals surface area contributed by atoms with Crippen molar-refractivity contribution in [3.05, 3.63) is 46.6 Å². The first-order valence-corrected chi connectivity index (χ1v) is 6.57. The van der Waals surface area contributed by atoms with E-state index in [0.717, 1.165) is 17.9 Å². The number of nitrogens with one attached hydrogen (secondary N) is 1. The van der Waals surface area contributed by atoms with Crippen molar-refractivity contribution in [3.8, 4) is 0 Å². The number of aryl methyl sites for hydroxylation is 1. The summed E-state index contributed by atoms with van der Waals surface area (Å²) < 4.78 is 10.1. The molecular formula is C14H15ClN2O3. The standard InChI is InChI=1S/C14H15ClN2O3/c1-3-10-7-17-13(20-10)8-16-9-4-5-11(12(15)6-9)14(18)19-2/h4-7,16H,3,8H2,1-2H3. The molecule has 0 fully saturated rings. The van der Waals surface area contributed by atoms with Gasteiger partial charge in [0.05, 0.1) is 30.4 Å². The van der Waals surface area contributed by atoms with Gasteiger partial charge in [0, 0.05) is 12.1 Å². The summed E-state index contributed by atoms with van der Waals surface area (Å²) in [5.74, 6) is 0.998. The van der Waals surface area contributed by atoms with E-state index < -0.39 is 5.97 Å². The molecule has 0 spiro atoms. The number of aromatic nitrogens is 1. The fourth-order valence-electron chi connectivity index (χ4n) is 1.67. The zero-order chi connectivity index (χ0) is 14.5. The van der Waals surface area contributed by atoms with Crippen LogP contribution in [0.4, 0.5) is 5.69 Å². The molecule has 0 bridgehead atoms. The second-order valence-electron chi connectivity index (χ2n) is 4.11. The molecule has 2 rings (SSSR count). The highest BCUT2D eigenvalue weighted by molar-refractivity contribution is 6.33. The molecule has 0 unspecified atom stereocenters. The first-order chi connectivity index (χ1) is 9.63. The molecule has 5 nitrogen and oxygen atoms in total. The molecule has 1 aromatic heterocycles. The molecule has 0 aliphatic carbocycles. The van der Waals surface area contributed by atoms with Crippen molar-refractivity contribution in [2.24, 2.45) is 0 Å². The van der Waals surface area contributed by atoms with Crippen LogP contribution in [0.3, 0.4) is 0 Å². The Morgan fingerprint density at radius 3 is 2.90 bits per heavy atom. The Bertz CT molecular complexity index is 610. The number of anilines is 1. The van der Waals surface area contributed by atoms with Crippen molar-refractivity contribution >= 4 is 23.3 Å². The van der Waals surface area contributed by atoms with Gasteiger partial charge in [0.2, 0.25) is 5.89 Å². The highest BCUT2D eigenvalue weighted by atomic mass is 35.5. The van der Waals surface area contributed by atoms with E-state index in [9.17, 15) is 4.79 Å². The van der Waals surface area contributed by atoms with Crippen LogP contribution in [-0.2, 0) is 17.7 Å². The minimum atomic E-state index is -0.457. The van der Waals surface area contributed by atoms with Crippen LogP contribution in [0.15, 0.2) is 28.8 Å². The molecule has 0 saturated heterocycles. The van der Waals surface area contributed by atoms with Gasteiger partial charge >= 0.3 is 5.97 Å². The normalized spacial score (nSPS) is 10.3. The van der Waals surface area contributed by atoms with Crippen molar-refractivity contribution in [1.82, 2.24) is 4.98 Å². The smallest absolute Gasteiger partial charge is 0.339 e. The Hall–Kier alpha value is -2.01. The van der Waals surface area contributed by atoms with E-state index in [-0.39, 0.29) is 0 Å². The summed E-state index contributed by atoms with van der Waals surface area (Å²) in [5.41, 5.74) is 1.11. The molecule has 0 aliphatic rings. The lowest BCUT2D eigenvalue weighted by Gasteiger charge is -2.07. The molecule has 0 aliphatic heterocycles. The summed E-state index contributed by atoms with van der Waals surface area (Å²) in [4.78, 5) is 15.6. The van der Waals surface area contributed by atoms with Crippen LogP contribution in [0, 0.1) is 0 Å². The molecule has 2 aromatic rings. The Morgan fingerprint density at radius 2 is 2.30 bits per heavy atom. The van der Waals surface area contributed by atoms with Crippen molar-refractivity contribution in [3.63, 3.8) is 0 Å². The second-order valence-corrected chi connectivity index (χ2v) is 4.52. The van der Waals surface area contributed by atoms with Crippen LogP contribution in [0.1, 0.15) is 28.9 Å².